The zero-order valence-corrected chi connectivity index (χ0v) is 36.2. The molecule has 4 rings (SSSR count). The minimum atomic E-state index is -4.55. The first-order valence-electron chi connectivity index (χ1n) is 19.4. The van der Waals surface area contributed by atoms with E-state index in [2.05, 4.69) is 92.9 Å². The summed E-state index contributed by atoms with van der Waals surface area (Å²) in [4.78, 5) is 28.2. The number of fused-ring (bicyclic) bond motifs is 1. The van der Waals surface area contributed by atoms with E-state index in [1.54, 1.807) is 6.92 Å². The van der Waals surface area contributed by atoms with Gasteiger partial charge in [0.15, 0.2) is 29.8 Å². The van der Waals surface area contributed by atoms with Crippen molar-refractivity contribution < 1.29 is 45.8 Å². The molecule has 7 nitrogen and oxygen atoms in total. The van der Waals surface area contributed by atoms with Gasteiger partial charge in [0.05, 0.1) is 17.8 Å². The normalized spacial score (nSPS) is 30.1. The van der Waals surface area contributed by atoms with Crippen LogP contribution in [-0.2, 0) is 34.1 Å². The van der Waals surface area contributed by atoms with Crippen LogP contribution in [0.3, 0.4) is 0 Å². The summed E-state index contributed by atoms with van der Waals surface area (Å²) in [7, 11) is -3.53. The molecule has 2 aliphatic carbocycles. The van der Waals surface area contributed by atoms with Crippen molar-refractivity contribution in [2.24, 2.45) is 34.5 Å². The number of ether oxygens (including phenoxy) is 3. The summed E-state index contributed by atoms with van der Waals surface area (Å²) < 4.78 is 72.9. The lowest BCUT2D eigenvalue weighted by Gasteiger charge is -2.55. The molecular formula is C41H63F3O7Si2. The van der Waals surface area contributed by atoms with E-state index in [4.69, 9.17) is 23.1 Å². The molecule has 3 unspecified atom stereocenters. The second-order valence-corrected chi connectivity index (χ2v) is 22.7. The minimum Gasteiger partial charge on any atom is -0.479 e. The molecule has 1 aliphatic heterocycles. The standard InChI is InChI=1S/C41H63F3O7Si2/c1-13-31(48-30-16-14-15-28(24-30)41(42,43)44)35(45)49-32-25-29(37(3,4)5)23-27-18-17-26(2)39(34(27)32,50-52(9)10)20-21-40(51-53(11)12)33(38(6,7)8)19-22-47-36(40)46/h14-18,23-24,26,29,31-34,52-53H,13,19-22,25H2,1-12H3/t26-,29+,31?,32-,33?,34+,39-,40?/m0/s1. The summed E-state index contributed by atoms with van der Waals surface area (Å²) in [5.74, 6) is -1.48. The molecule has 0 amide bonds. The van der Waals surface area contributed by atoms with E-state index in [0.29, 0.717) is 32.3 Å². The van der Waals surface area contributed by atoms with Crippen LogP contribution in [0.15, 0.2) is 48.1 Å². The van der Waals surface area contributed by atoms with Crippen LogP contribution in [0.5, 0.6) is 5.75 Å². The Morgan fingerprint density at radius 2 is 1.66 bits per heavy atom. The maximum Gasteiger partial charge on any atom is 0.416 e. The molecule has 1 aromatic carbocycles. The van der Waals surface area contributed by atoms with Crippen LogP contribution >= 0.6 is 0 Å². The molecule has 0 N–H and O–H groups in total. The Morgan fingerprint density at radius 1 is 1.00 bits per heavy atom. The first kappa shape index (κ1) is 43.3. The number of cyclic esters (lactones) is 1. The molecule has 0 saturated carbocycles. The zero-order chi connectivity index (χ0) is 39.7. The maximum atomic E-state index is 14.1. The fourth-order valence-electron chi connectivity index (χ4n) is 8.84. The Morgan fingerprint density at radius 3 is 2.23 bits per heavy atom. The number of hydrogen-bond acceptors (Lipinski definition) is 7. The third kappa shape index (κ3) is 9.70. The number of hydrogen-bond donors (Lipinski definition) is 0. The van der Waals surface area contributed by atoms with E-state index in [1.807, 2.05) is 0 Å². The Balaban J connectivity index is 1.79. The highest BCUT2D eigenvalue weighted by molar-refractivity contribution is 6.49. The highest BCUT2D eigenvalue weighted by atomic mass is 28.3. The largest absolute Gasteiger partial charge is 0.479 e. The number of rotatable bonds is 12. The predicted molar refractivity (Wildman–Crippen MR) is 207 cm³/mol. The summed E-state index contributed by atoms with van der Waals surface area (Å²) in [6.45, 7) is 25.6. The van der Waals surface area contributed by atoms with Gasteiger partial charge in [-0.15, -0.1) is 0 Å². The first-order chi connectivity index (χ1) is 24.4. The number of halogens is 3. The topological polar surface area (TPSA) is 80.3 Å². The molecule has 0 aromatic heterocycles. The maximum absolute atomic E-state index is 14.1. The fourth-order valence-corrected chi connectivity index (χ4v) is 11.4. The van der Waals surface area contributed by atoms with Crippen LogP contribution in [0, 0.1) is 34.5 Å². The molecule has 1 saturated heterocycles. The van der Waals surface area contributed by atoms with Crippen LogP contribution in [0.25, 0.3) is 0 Å². The molecule has 1 aromatic rings. The van der Waals surface area contributed by atoms with E-state index in [-0.39, 0.29) is 52.6 Å². The zero-order valence-electron chi connectivity index (χ0n) is 33.9. The number of carbonyl (C=O) groups excluding carboxylic acids is 2. The van der Waals surface area contributed by atoms with Crippen molar-refractivity contribution in [3.05, 3.63) is 53.6 Å². The van der Waals surface area contributed by atoms with Crippen molar-refractivity contribution in [3.63, 3.8) is 0 Å². The summed E-state index contributed by atoms with van der Waals surface area (Å²) >= 11 is 0. The Kier molecular flexibility index (Phi) is 13.4. The highest BCUT2D eigenvalue weighted by Crippen LogP contribution is 2.54. The van der Waals surface area contributed by atoms with Crippen molar-refractivity contribution in [1.29, 1.82) is 0 Å². The molecular weight excluding hydrogens is 718 g/mol. The van der Waals surface area contributed by atoms with E-state index < -0.39 is 59.2 Å². The van der Waals surface area contributed by atoms with Crippen molar-refractivity contribution in [2.75, 3.05) is 6.61 Å². The monoisotopic (exact) mass is 780 g/mol. The van der Waals surface area contributed by atoms with Gasteiger partial charge in [0.2, 0.25) is 0 Å². The van der Waals surface area contributed by atoms with E-state index in [1.165, 1.54) is 12.1 Å². The quantitative estimate of drug-likeness (QED) is 0.155. The molecule has 1 fully saturated rings. The van der Waals surface area contributed by atoms with E-state index in [9.17, 15) is 22.8 Å². The second kappa shape index (κ2) is 16.4. The van der Waals surface area contributed by atoms with Gasteiger partial charge in [-0.2, -0.15) is 13.2 Å². The third-order valence-corrected chi connectivity index (χ3v) is 13.1. The lowest BCUT2D eigenvalue weighted by atomic mass is 9.58. The molecule has 298 valence electrons. The third-order valence-electron chi connectivity index (χ3n) is 11.3. The molecule has 12 heteroatoms. The fraction of sp³-hybridized carbons (Fsp3) is 0.707. The second-order valence-electron chi connectivity index (χ2n) is 18.0. The number of alkyl halides is 3. The Hall–Kier alpha value is -2.42. The molecule has 0 radical (unpaired) electrons. The molecule has 1 heterocycles. The summed E-state index contributed by atoms with van der Waals surface area (Å²) in [6.07, 6.45) is 2.61. The van der Waals surface area contributed by atoms with Gasteiger partial charge in [0, 0.05) is 17.8 Å². The highest BCUT2D eigenvalue weighted by Gasteiger charge is 2.59. The van der Waals surface area contributed by atoms with Gasteiger partial charge in [0.1, 0.15) is 11.9 Å². The smallest absolute Gasteiger partial charge is 0.416 e. The average molecular weight is 781 g/mol. The van der Waals surface area contributed by atoms with Crippen LogP contribution in [0.1, 0.15) is 93.1 Å². The number of esters is 2. The predicted octanol–water partition coefficient (Wildman–Crippen LogP) is 9.46. The molecule has 53 heavy (non-hydrogen) atoms. The lowest BCUT2D eigenvalue weighted by Crippen LogP contribution is -2.62. The molecule has 3 aliphatic rings. The van der Waals surface area contributed by atoms with Gasteiger partial charge in [-0.1, -0.05) is 79.7 Å². The number of carbonyl (C=O) groups is 2. The first-order valence-corrected chi connectivity index (χ1v) is 25.0. The Labute approximate surface area is 318 Å². The van der Waals surface area contributed by atoms with Gasteiger partial charge in [0.25, 0.3) is 0 Å². The molecule has 0 spiro atoms. The van der Waals surface area contributed by atoms with Crippen LogP contribution < -0.4 is 4.74 Å². The SMILES string of the molecule is CCC(Oc1cccc(C(F)(F)F)c1)C(=O)O[C@H]1C[C@H](C(C)(C)C)C=C2C=C[C@H](C)[C@](CCC3(O[SiH](C)C)C(=O)OCCC3C(C)(C)C)(O[SiH](C)C)[C@H]21. The lowest BCUT2D eigenvalue weighted by molar-refractivity contribution is -0.191. The Bertz CT molecular complexity index is 1510. The molecule has 8 atom stereocenters. The summed E-state index contributed by atoms with van der Waals surface area (Å²) in [5.41, 5.74) is -2.19. The van der Waals surface area contributed by atoms with Crippen molar-refractivity contribution in [1.82, 2.24) is 0 Å². The minimum absolute atomic E-state index is 0.0510. The average Bonchev–Trinajstić information content (AvgIpc) is 3.03. The van der Waals surface area contributed by atoms with Crippen LogP contribution in [-0.4, -0.2) is 60.0 Å². The van der Waals surface area contributed by atoms with Crippen LogP contribution in [0.4, 0.5) is 13.2 Å². The van der Waals surface area contributed by atoms with Crippen molar-refractivity contribution in [2.45, 2.75) is 143 Å². The van der Waals surface area contributed by atoms with Crippen molar-refractivity contribution in [3.8, 4) is 5.75 Å². The number of benzene rings is 1. The van der Waals surface area contributed by atoms with Gasteiger partial charge < -0.3 is 23.1 Å². The number of allylic oxidation sites excluding steroid dienone is 2. The van der Waals surface area contributed by atoms with Gasteiger partial charge in [-0.25, -0.2) is 9.59 Å². The summed E-state index contributed by atoms with van der Waals surface area (Å²) in [6, 6.07) is 4.57. The van der Waals surface area contributed by atoms with Crippen LogP contribution in [0.2, 0.25) is 26.2 Å². The van der Waals surface area contributed by atoms with Gasteiger partial charge in [-0.05, 0) is 98.8 Å². The van der Waals surface area contributed by atoms with Crippen molar-refractivity contribution >= 4 is 30.0 Å². The summed E-state index contributed by atoms with van der Waals surface area (Å²) in [5, 5.41) is 0. The van der Waals surface area contributed by atoms with Gasteiger partial charge >= 0.3 is 18.1 Å². The van der Waals surface area contributed by atoms with E-state index >= 15 is 0 Å². The molecule has 0 bridgehead atoms. The van der Waals surface area contributed by atoms with E-state index in [0.717, 1.165) is 17.7 Å². The van der Waals surface area contributed by atoms with Gasteiger partial charge in [-0.3, -0.25) is 0 Å².